The summed E-state index contributed by atoms with van der Waals surface area (Å²) in [5.41, 5.74) is 1.58. The van der Waals surface area contributed by atoms with E-state index in [1.54, 1.807) is 6.07 Å². The van der Waals surface area contributed by atoms with Crippen molar-refractivity contribution in [3.8, 4) is 0 Å². The van der Waals surface area contributed by atoms with Gasteiger partial charge in [0, 0.05) is 19.8 Å². The van der Waals surface area contributed by atoms with Gasteiger partial charge in [-0.2, -0.15) is 0 Å². The fraction of sp³-hybridized carbons (Fsp3) is 0.455. The Morgan fingerprint density at radius 3 is 2.56 bits per heavy atom. The maximum absolute atomic E-state index is 11.6. The summed E-state index contributed by atoms with van der Waals surface area (Å²) in [6, 6.07) is 7.32. The number of sulfonamides is 1. The van der Waals surface area contributed by atoms with Gasteiger partial charge in [0.15, 0.2) is 0 Å². The molecule has 1 N–H and O–H groups in total. The SMILES string of the molecule is CCCS(=O)(=O)Nc1cccc(N(C)C)c1. The molecule has 0 fully saturated rings. The first-order chi connectivity index (χ1) is 7.44. The minimum absolute atomic E-state index is 0.152. The minimum atomic E-state index is -3.20. The molecule has 0 heterocycles. The summed E-state index contributed by atoms with van der Waals surface area (Å²) in [4.78, 5) is 1.93. The van der Waals surface area contributed by atoms with Crippen molar-refractivity contribution < 1.29 is 8.42 Å². The molecule has 0 saturated heterocycles. The molecule has 0 spiro atoms. The number of hydrogen-bond acceptors (Lipinski definition) is 3. The van der Waals surface area contributed by atoms with Crippen LogP contribution in [-0.2, 0) is 10.0 Å². The van der Waals surface area contributed by atoms with E-state index < -0.39 is 10.0 Å². The number of nitrogens with one attached hydrogen (secondary N) is 1. The Morgan fingerprint density at radius 2 is 2.00 bits per heavy atom. The van der Waals surface area contributed by atoms with Gasteiger partial charge in [0.25, 0.3) is 0 Å². The van der Waals surface area contributed by atoms with Crippen molar-refractivity contribution in [2.45, 2.75) is 13.3 Å². The highest BCUT2D eigenvalue weighted by molar-refractivity contribution is 7.92. The monoisotopic (exact) mass is 242 g/mol. The van der Waals surface area contributed by atoms with Gasteiger partial charge in [0.2, 0.25) is 10.0 Å². The second-order valence-electron chi connectivity index (χ2n) is 3.87. The van der Waals surface area contributed by atoms with Gasteiger partial charge < -0.3 is 4.90 Å². The molecule has 0 atom stereocenters. The lowest BCUT2D eigenvalue weighted by atomic mass is 10.3. The molecule has 0 saturated carbocycles. The highest BCUT2D eigenvalue weighted by atomic mass is 32.2. The Hall–Kier alpha value is -1.23. The molecule has 0 aliphatic rings. The van der Waals surface area contributed by atoms with Gasteiger partial charge in [0.1, 0.15) is 0 Å². The van der Waals surface area contributed by atoms with Crippen molar-refractivity contribution in [1.29, 1.82) is 0 Å². The van der Waals surface area contributed by atoms with E-state index in [1.807, 2.05) is 44.1 Å². The molecule has 0 amide bonds. The Morgan fingerprint density at radius 1 is 1.31 bits per heavy atom. The van der Waals surface area contributed by atoms with E-state index in [1.165, 1.54) is 0 Å². The van der Waals surface area contributed by atoms with Crippen molar-refractivity contribution in [2.75, 3.05) is 29.5 Å². The zero-order valence-corrected chi connectivity index (χ0v) is 10.7. The number of nitrogens with zero attached hydrogens (tertiary/aromatic N) is 1. The predicted molar refractivity (Wildman–Crippen MR) is 68.5 cm³/mol. The molecule has 0 radical (unpaired) electrons. The fourth-order valence-electron chi connectivity index (χ4n) is 1.35. The van der Waals surface area contributed by atoms with E-state index in [-0.39, 0.29) is 5.75 Å². The molecule has 16 heavy (non-hydrogen) atoms. The van der Waals surface area contributed by atoms with Crippen LogP contribution in [0.4, 0.5) is 11.4 Å². The summed E-state index contributed by atoms with van der Waals surface area (Å²) in [5.74, 6) is 0.152. The standard InChI is InChI=1S/C11H18N2O2S/c1-4-8-16(14,15)12-10-6-5-7-11(9-10)13(2)3/h5-7,9,12H,4,8H2,1-3H3. The number of hydrogen-bond donors (Lipinski definition) is 1. The number of benzene rings is 1. The Balaban J connectivity index is 2.86. The molecule has 0 aliphatic heterocycles. The topological polar surface area (TPSA) is 49.4 Å². The number of rotatable bonds is 5. The van der Waals surface area contributed by atoms with Crippen LogP contribution < -0.4 is 9.62 Å². The molecule has 4 nitrogen and oxygen atoms in total. The average Bonchev–Trinajstić information content (AvgIpc) is 2.17. The van der Waals surface area contributed by atoms with Crippen LogP contribution in [0.1, 0.15) is 13.3 Å². The third-order valence-corrected chi connectivity index (χ3v) is 3.60. The maximum atomic E-state index is 11.6. The van der Waals surface area contributed by atoms with E-state index in [0.717, 1.165) is 5.69 Å². The van der Waals surface area contributed by atoms with E-state index in [4.69, 9.17) is 0 Å². The molecule has 0 aromatic heterocycles. The van der Waals surface area contributed by atoms with Crippen LogP contribution in [0.5, 0.6) is 0 Å². The van der Waals surface area contributed by atoms with Crippen LogP contribution in [-0.4, -0.2) is 28.3 Å². The van der Waals surface area contributed by atoms with E-state index in [2.05, 4.69) is 4.72 Å². The molecule has 0 bridgehead atoms. The molecule has 1 aromatic carbocycles. The molecule has 90 valence electrons. The molecular formula is C11H18N2O2S. The van der Waals surface area contributed by atoms with Crippen molar-refractivity contribution in [1.82, 2.24) is 0 Å². The number of anilines is 2. The normalized spacial score (nSPS) is 11.2. The quantitative estimate of drug-likeness (QED) is 0.858. The highest BCUT2D eigenvalue weighted by Gasteiger charge is 2.08. The van der Waals surface area contributed by atoms with Gasteiger partial charge in [0.05, 0.1) is 11.4 Å². The van der Waals surface area contributed by atoms with Crippen molar-refractivity contribution >= 4 is 21.4 Å². The average molecular weight is 242 g/mol. The summed E-state index contributed by atoms with van der Waals surface area (Å²) in [7, 11) is 0.637. The molecule has 0 aliphatic carbocycles. The molecule has 5 heteroatoms. The van der Waals surface area contributed by atoms with E-state index in [0.29, 0.717) is 12.1 Å². The third-order valence-electron chi connectivity index (χ3n) is 2.11. The van der Waals surface area contributed by atoms with Crippen LogP contribution in [0, 0.1) is 0 Å². The van der Waals surface area contributed by atoms with Gasteiger partial charge in [-0.1, -0.05) is 13.0 Å². The summed E-state index contributed by atoms with van der Waals surface area (Å²) >= 11 is 0. The minimum Gasteiger partial charge on any atom is -0.378 e. The summed E-state index contributed by atoms with van der Waals surface area (Å²) in [6.07, 6.45) is 0.614. The maximum Gasteiger partial charge on any atom is 0.232 e. The Labute approximate surface area is 97.3 Å². The summed E-state index contributed by atoms with van der Waals surface area (Å²) in [5, 5.41) is 0. The second-order valence-corrected chi connectivity index (χ2v) is 5.71. The largest absolute Gasteiger partial charge is 0.378 e. The van der Waals surface area contributed by atoms with Crippen LogP contribution in [0.2, 0.25) is 0 Å². The van der Waals surface area contributed by atoms with Gasteiger partial charge in [-0.15, -0.1) is 0 Å². The first-order valence-corrected chi connectivity index (χ1v) is 6.87. The van der Waals surface area contributed by atoms with Crippen LogP contribution in [0.25, 0.3) is 0 Å². The summed E-state index contributed by atoms with van der Waals surface area (Å²) < 4.78 is 25.7. The predicted octanol–water partition coefficient (Wildman–Crippen LogP) is 1.90. The smallest absolute Gasteiger partial charge is 0.232 e. The van der Waals surface area contributed by atoms with Gasteiger partial charge >= 0.3 is 0 Å². The van der Waals surface area contributed by atoms with Crippen molar-refractivity contribution in [2.24, 2.45) is 0 Å². The van der Waals surface area contributed by atoms with E-state index in [9.17, 15) is 8.42 Å². The lowest BCUT2D eigenvalue weighted by Gasteiger charge is -2.14. The molecule has 0 unspecified atom stereocenters. The molecule has 1 rings (SSSR count). The van der Waals surface area contributed by atoms with Gasteiger partial charge in [-0.25, -0.2) is 8.42 Å². The van der Waals surface area contributed by atoms with Crippen LogP contribution >= 0.6 is 0 Å². The first kappa shape index (κ1) is 12.8. The second kappa shape index (κ2) is 5.21. The van der Waals surface area contributed by atoms with Crippen molar-refractivity contribution in [3.05, 3.63) is 24.3 Å². The first-order valence-electron chi connectivity index (χ1n) is 5.22. The van der Waals surface area contributed by atoms with E-state index >= 15 is 0 Å². The van der Waals surface area contributed by atoms with Gasteiger partial charge in [-0.3, -0.25) is 4.72 Å². The van der Waals surface area contributed by atoms with Crippen LogP contribution in [0.15, 0.2) is 24.3 Å². The van der Waals surface area contributed by atoms with Crippen molar-refractivity contribution in [3.63, 3.8) is 0 Å². The fourth-order valence-corrected chi connectivity index (χ4v) is 2.47. The third kappa shape index (κ3) is 3.73. The van der Waals surface area contributed by atoms with Crippen LogP contribution in [0.3, 0.4) is 0 Å². The lowest BCUT2D eigenvalue weighted by molar-refractivity contribution is 0.600. The zero-order chi connectivity index (χ0) is 12.2. The molecule has 1 aromatic rings. The Bertz CT molecular complexity index is 441. The lowest BCUT2D eigenvalue weighted by Crippen LogP contribution is -2.16. The van der Waals surface area contributed by atoms with Gasteiger partial charge in [-0.05, 0) is 24.6 Å². The summed E-state index contributed by atoms with van der Waals surface area (Å²) in [6.45, 7) is 1.84. The zero-order valence-electron chi connectivity index (χ0n) is 9.90. The highest BCUT2D eigenvalue weighted by Crippen LogP contribution is 2.18. The Kier molecular flexibility index (Phi) is 4.18. The molecular weight excluding hydrogens is 224 g/mol.